The average molecular weight is 326 g/mol. The van der Waals surface area contributed by atoms with Gasteiger partial charge in [0.05, 0.1) is 0 Å². The maximum absolute atomic E-state index is 14.7. The number of fused-ring (bicyclic) bond motifs is 1. The smallest absolute Gasteiger partial charge is 0.326 e. The van der Waals surface area contributed by atoms with E-state index in [2.05, 4.69) is 10.3 Å². The predicted molar refractivity (Wildman–Crippen MR) is 77.3 cm³/mol. The first-order valence-electron chi connectivity index (χ1n) is 6.17. The summed E-state index contributed by atoms with van der Waals surface area (Å²) in [6, 6.07) is 4.31. The van der Waals surface area contributed by atoms with E-state index in [4.69, 9.17) is 0 Å². The highest BCUT2D eigenvalue weighted by Crippen LogP contribution is 2.37. The van der Waals surface area contributed by atoms with Crippen molar-refractivity contribution < 1.29 is 22.7 Å². The highest BCUT2D eigenvalue weighted by molar-refractivity contribution is 7.92. The fourth-order valence-corrected chi connectivity index (χ4v) is 3.39. The van der Waals surface area contributed by atoms with Gasteiger partial charge in [-0.3, -0.25) is 4.79 Å². The number of nitrogens with zero attached hydrogens (tertiary/aromatic N) is 2. The number of halogens is 1. The lowest BCUT2D eigenvalue weighted by atomic mass is 10.1. The number of rotatable bonds is 2. The number of anilines is 2. The molecule has 0 unspecified atom stereocenters. The summed E-state index contributed by atoms with van der Waals surface area (Å²) in [6.45, 7) is -0.607. The van der Waals surface area contributed by atoms with Gasteiger partial charge in [-0.25, -0.2) is 18.4 Å². The lowest BCUT2D eigenvalue weighted by molar-refractivity contribution is -0.117. The Hall–Kier alpha value is -2.62. The molecule has 1 aliphatic rings. The minimum absolute atomic E-state index is 0.116. The summed E-state index contributed by atoms with van der Waals surface area (Å²) in [6.07, 6.45) is 0. The molecule has 10 heteroatoms. The van der Waals surface area contributed by atoms with Crippen molar-refractivity contribution in [3.05, 3.63) is 24.0 Å². The van der Waals surface area contributed by atoms with Crippen LogP contribution >= 0.6 is 0 Å². The maximum atomic E-state index is 14.7. The molecule has 0 radical (unpaired) electrons. The molecule has 1 aliphatic heterocycles. The molecular formula is C12H11FN4O4S. The molecule has 0 saturated carbocycles. The van der Waals surface area contributed by atoms with Gasteiger partial charge in [-0.1, -0.05) is 0 Å². The molecule has 1 aromatic carbocycles. The molecule has 1 fully saturated rings. The lowest BCUT2D eigenvalue weighted by Crippen LogP contribution is -2.30. The molecule has 116 valence electrons. The number of nitrogens with one attached hydrogen (secondary N) is 2. The first kappa shape index (κ1) is 14.3. The van der Waals surface area contributed by atoms with Crippen molar-refractivity contribution in [2.45, 2.75) is 0 Å². The number of benzene rings is 1. The van der Waals surface area contributed by atoms with Crippen LogP contribution in [0.1, 0.15) is 0 Å². The number of aromatic nitrogens is 1. The molecule has 3 N–H and O–H groups in total. The maximum Gasteiger partial charge on any atom is 0.326 e. The highest BCUT2D eigenvalue weighted by Gasteiger charge is 2.38. The Morgan fingerprint density at radius 1 is 1.45 bits per heavy atom. The number of aromatic hydroxyl groups is 1. The number of phenols is 1. The number of carbonyl (C=O) groups excluding carboxylic acids is 1. The van der Waals surface area contributed by atoms with Crippen molar-refractivity contribution in [1.82, 2.24) is 9.71 Å². The van der Waals surface area contributed by atoms with Crippen LogP contribution in [-0.4, -0.2) is 38.0 Å². The van der Waals surface area contributed by atoms with E-state index in [0.29, 0.717) is 15.5 Å². The van der Waals surface area contributed by atoms with Crippen molar-refractivity contribution >= 4 is 38.5 Å². The van der Waals surface area contributed by atoms with Gasteiger partial charge in [0.15, 0.2) is 5.82 Å². The third-order valence-electron chi connectivity index (χ3n) is 3.20. The van der Waals surface area contributed by atoms with Gasteiger partial charge in [0, 0.05) is 12.4 Å². The molecule has 1 aromatic heterocycles. The summed E-state index contributed by atoms with van der Waals surface area (Å²) in [4.78, 5) is 15.3. The zero-order valence-corrected chi connectivity index (χ0v) is 12.1. The van der Waals surface area contributed by atoms with Gasteiger partial charge in [-0.15, -0.1) is 0 Å². The fourth-order valence-electron chi connectivity index (χ4n) is 2.22. The molecule has 3 rings (SSSR count). The Morgan fingerprint density at radius 2 is 2.18 bits per heavy atom. The van der Waals surface area contributed by atoms with Crippen LogP contribution < -0.4 is 14.3 Å². The number of carbonyl (C=O) groups is 1. The molecule has 1 amide bonds. The van der Waals surface area contributed by atoms with Crippen molar-refractivity contribution in [2.24, 2.45) is 0 Å². The van der Waals surface area contributed by atoms with E-state index in [9.17, 15) is 22.7 Å². The Kier molecular flexibility index (Phi) is 3.06. The molecule has 0 bridgehead atoms. The van der Waals surface area contributed by atoms with Crippen LogP contribution in [0.3, 0.4) is 0 Å². The van der Waals surface area contributed by atoms with E-state index in [1.165, 1.54) is 12.1 Å². The Morgan fingerprint density at radius 3 is 2.77 bits per heavy atom. The van der Waals surface area contributed by atoms with Gasteiger partial charge >= 0.3 is 10.2 Å². The van der Waals surface area contributed by atoms with Crippen LogP contribution in [0.5, 0.6) is 5.75 Å². The molecule has 2 heterocycles. The topological polar surface area (TPSA) is 112 Å². The van der Waals surface area contributed by atoms with Crippen LogP contribution in [-0.2, 0) is 15.0 Å². The second-order valence-electron chi connectivity index (χ2n) is 4.61. The molecule has 0 atom stereocenters. The summed E-state index contributed by atoms with van der Waals surface area (Å²) < 4.78 is 40.5. The average Bonchev–Trinajstić information content (AvgIpc) is 2.71. The quantitative estimate of drug-likeness (QED) is 0.732. The number of phenolic OH excluding ortho intramolecular Hbond substituents is 1. The summed E-state index contributed by atoms with van der Waals surface area (Å²) in [5.74, 6) is -2.05. The minimum Gasteiger partial charge on any atom is -0.506 e. The molecule has 8 nitrogen and oxygen atoms in total. The van der Waals surface area contributed by atoms with Gasteiger partial charge in [0.1, 0.15) is 29.3 Å². The molecule has 22 heavy (non-hydrogen) atoms. The van der Waals surface area contributed by atoms with E-state index in [1.54, 1.807) is 17.8 Å². The Balaban J connectivity index is 2.28. The van der Waals surface area contributed by atoms with Crippen molar-refractivity contribution in [1.29, 1.82) is 0 Å². The van der Waals surface area contributed by atoms with Crippen molar-refractivity contribution in [3.63, 3.8) is 0 Å². The van der Waals surface area contributed by atoms with E-state index in [1.807, 2.05) is 0 Å². The van der Waals surface area contributed by atoms with Crippen molar-refractivity contribution in [3.8, 4) is 5.75 Å². The second kappa shape index (κ2) is 4.70. The van der Waals surface area contributed by atoms with Gasteiger partial charge in [0.25, 0.3) is 5.91 Å². The van der Waals surface area contributed by atoms with Gasteiger partial charge < -0.3 is 10.4 Å². The number of pyridine rings is 1. The fraction of sp³-hybridized carbons (Fsp3) is 0.167. The highest BCUT2D eigenvalue weighted by atomic mass is 32.2. The summed E-state index contributed by atoms with van der Waals surface area (Å²) in [5, 5.41) is 13.0. The van der Waals surface area contributed by atoms with Crippen molar-refractivity contribution in [2.75, 3.05) is 23.2 Å². The van der Waals surface area contributed by atoms with Crippen LogP contribution in [0.2, 0.25) is 0 Å². The minimum atomic E-state index is -4.23. The third kappa shape index (κ3) is 2.08. The monoisotopic (exact) mass is 326 g/mol. The third-order valence-corrected chi connectivity index (χ3v) is 4.58. The van der Waals surface area contributed by atoms with E-state index in [0.717, 1.165) is 0 Å². The number of amides is 1. The molecule has 0 spiro atoms. The zero-order valence-electron chi connectivity index (χ0n) is 11.3. The SMILES string of the molecule is CNc1ccc2cc(O)c(N3CC(=O)NS3(=O)=O)c(F)c2n1. The lowest BCUT2D eigenvalue weighted by Gasteiger charge is -2.18. The largest absolute Gasteiger partial charge is 0.506 e. The molecular weight excluding hydrogens is 315 g/mol. The first-order chi connectivity index (χ1) is 10.3. The van der Waals surface area contributed by atoms with E-state index >= 15 is 0 Å². The summed E-state index contributed by atoms with van der Waals surface area (Å²) in [5.41, 5.74) is -0.721. The standard InChI is InChI=1S/C12H11FN4O4S/c1-14-8-3-2-6-4-7(18)12(10(13)11(6)15-8)17-5-9(19)16-22(17,20)21/h2-4,18H,5H2,1H3,(H,14,15)(H,16,19). The number of hydrogen-bond donors (Lipinski definition) is 3. The molecule has 2 aromatic rings. The van der Waals surface area contributed by atoms with Gasteiger partial charge in [-0.05, 0) is 18.2 Å². The van der Waals surface area contributed by atoms with Crippen LogP contribution in [0, 0.1) is 5.82 Å². The summed E-state index contributed by atoms with van der Waals surface area (Å²) >= 11 is 0. The number of hydrogen-bond acceptors (Lipinski definition) is 6. The summed E-state index contributed by atoms with van der Waals surface area (Å²) in [7, 11) is -2.63. The van der Waals surface area contributed by atoms with E-state index in [-0.39, 0.29) is 5.52 Å². The predicted octanol–water partition coefficient (Wildman–Crippen LogP) is 0.302. The van der Waals surface area contributed by atoms with Gasteiger partial charge in [0.2, 0.25) is 0 Å². The zero-order chi connectivity index (χ0) is 16.1. The molecule has 0 aliphatic carbocycles. The Labute approximate surface area is 124 Å². The van der Waals surface area contributed by atoms with Gasteiger partial charge in [-0.2, -0.15) is 8.42 Å². The van der Waals surface area contributed by atoms with Crippen LogP contribution in [0.4, 0.5) is 15.9 Å². The first-order valence-corrected chi connectivity index (χ1v) is 7.61. The van der Waals surface area contributed by atoms with Crippen LogP contribution in [0.25, 0.3) is 10.9 Å². The second-order valence-corrected chi connectivity index (χ2v) is 6.21. The Bertz CT molecular complexity index is 900. The van der Waals surface area contributed by atoms with Crippen LogP contribution in [0.15, 0.2) is 18.2 Å². The molecule has 1 saturated heterocycles. The van der Waals surface area contributed by atoms with E-state index < -0.39 is 39.9 Å². The normalized spacial score (nSPS) is 16.8.